The van der Waals surface area contributed by atoms with Crippen molar-refractivity contribution >= 4 is 17.4 Å². The summed E-state index contributed by atoms with van der Waals surface area (Å²) in [5, 5.41) is 3.20. The highest BCUT2D eigenvalue weighted by atomic mass is 16.2. The topological polar surface area (TPSA) is 35.6 Å². The van der Waals surface area contributed by atoms with Gasteiger partial charge in [-0.3, -0.25) is 0 Å². The van der Waals surface area contributed by atoms with Gasteiger partial charge in [-0.15, -0.1) is 0 Å². The second-order valence-electron chi connectivity index (χ2n) is 8.59. The molecule has 3 rings (SSSR count). The summed E-state index contributed by atoms with van der Waals surface area (Å²) in [5.74, 6) is 0. The minimum absolute atomic E-state index is 0.00785. The molecule has 0 aromatic heterocycles. The second-order valence-corrected chi connectivity index (χ2v) is 8.59. The number of carbonyl (C=O) groups excluding carboxylic acids is 1. The molecular weight excluding hydrogens is 322 g/mol. The van der Waals surface area contributed by atoms with Crippen molar-refractivity contribution < 1.29 is 4.79 Å². The van der Waals surface area contributed by atoms with E-state index >= 15 is 0 Å². The number of anilines is 2. The van der Waals surface area contributed by atoms with Gasteiger partial charge in [0.15, 0.2) is 0 Å². The van der Waals surface area contributed by atoms with Crippen LogP contribution in [0.15, 0.2) is 24.3 Å². The summed E-state index contributed by atoms with van der Waals surface area (Å²) in [6.07, 6.45) is 12.2. The number of hydrogen-bond donors (Lipinski definition) is 1. The lowest BCUT2D eigenvalue weighted by molar-refractivity contribution is 0.0513. The molecule has 0 saturated heterocycles. The van der Waals surface area contributed by atoms with Gasteiger partial charge in [-0.2, -0.15) is 0 Å². The SMILES string of the molecule is CN(C)c1ccc(NC(=O)N(C2CCCCC2)C2(C)CCCCC2)cc1. The highest BCUT2D eigenvalue weighted by Crippen LogP contribution is 2.38. The number of nitrogens with zero attached hydrogens (tertiary/aromatic N) is 2. The fourth-order valence-electron chi connectivity index (χ4n) is 4.77. The summed E-state index contributed by atoms with van der Waals surface area (Å²) in [6, 6.07) is 8.63. The van der Waals surface area contributed by atoms with Crippen molar-refractivity contribution in [1.82, 2.24) is 4.90 Å². The van der Waals surface area contributed by atoms with Gasteiger partial charge in [0, 0.05) is 37.1 Å². The average molecular weight is 358 g/mol. The van der Waals surface area contributed by atoms with Crippen molar-refractivity contribution in [3.63, 3.8) is 0 Å². The van der Waals surface area contributed by atoms with E-state index in [4.69, 9.17) is 0 Å². The molecule has 0 unspecified atom stereocenters. The Morgan fingerprint density at radius 2 is 1.54 bits per heavy atom. The zero-order valence-electron chi connectivity index (χ0n) is 16.8. The van der Waals surface area contributed by atoms with Crippen LogP contribution >= 0.6 is 0 Å². The molecule has 2 aliphatic rings. The number of rotatable bonds is 4. The Morgan fingerprint density at radius 3 is 2.12 bits per heavy atom. The van der Waals surface area contributed by atoms with Crippen LogP contribution in [0.25, 0.3) is 0 Å². The van der Waals surface area contributed by atoms with Gasteiger partial charge in [0.2, 0.25) is 0 Å². The predicted molar refractivity (Wildman–Crippen MR) is 110 cm³/mol. The number of urea groups is 1. The maximum Gasteiger partial charge on any atom is 0.322 e. The standard InChI is InChI=1S/C22H35N3O/c1-22(16-8-5-9-17-22)25(20-10-6-4-7-11-20)21(26)23-18-12-14-19(15-13-18)24(2)3/h12-15,20H,4-11,16-17H2,1-3H3,(H,23,26). The Hall–Kier alpha value is -1.71. The zero-order chi connectivity index (χ0) is 18.6. The van der Waals surface area contributed by atoms with E-state index in [2.05, 4.69) is 34.2 Å². The number of amides is 2. The lowest BCUT2D eigenvalue weighted by atomic mass is 9.79. The Morgan fingerprint density at radius 1 is 0.962 bits per heavy atom. The molecule has 144 valence electrons. The van der Waals surface area contributed by atoms with Crippen molar-refractivity contribution in [2.24, 2.45) is 0 Å². The number of nitrogens with one attached hydrogen (secondary N) is 1. The molecule has 2 aliphatic carbocycles. The van der Waals surface area contributed by atoms with Crippen molar-refractivity contribution in [3.05, 3.63) is 24.3 Å². The van der Waals surface area contributed by atoms with E-state index in [1.54, 1.807) is 0 Å². The lowest BCUT2D eigenvalue weighted by Gasteiger charge is -2.49. The van der Waals surface area contributed by atoms with Gasteiger partial charge in [-0.25, -0.2) is 4.79 Å². The van der Waals surface area contributed by atoms with Crippen LogP contribution in [-0.2, 0) is 0 Å². The first-order valence-corrected chi connectivity index (χ1v) is 10.4. The molecule has 26 heavy (non-hydrogen) atoms. The van der Waals surface area contributed by atoms with Gasteiger partial charge >= 0.3 is 6.03 Å². The summed E-state index contributed by atoms with van der Waals surface area (Å²) >= 11 is 0. The van der Waals surface area contributed by atoms with Crippen molar-refractivity contribution in [3.8, 4) is 0 Å². The zero-order valence-corrected chi connectivity index (χ0v) is 16.8. The molecule has 4 nitrogen and oxygen atoms in total. The molecule has 1 N–H and O–H groups in total. The molecule has 1 aromatic carbocycles. The molecule has 0 aliphatic heterocycles. The fourth-order valence-corrected chi connectivity index (χ4v) is 4.77. The normalized spacial score (nSPS) is 20.4. The highest BCUT2D eigenvalue weighted by Gasteiger charge is 2.40. The molecule has 2 amide bonds. The van der Waals surface area contributed by atoms with Crippen LogP contribution in [0.4, 0.5) is 16.2 Å². The van der Waals surface area contributed by atoms with Crippen LogP contribution in [0.3, 0.4) is 0 Å². The van der Waals surface area contributed by atoms with E-state index in [0.29, 0.717) is 6.04 Å². The first-order valence-electron chi connectivity index (χ1n) is 10.4. The molecule has 0 atom stereocenters. The van der Waals surface area contributed by atoms with Crippen molar-refractivity contribution in [2.75, 3.05) is 24.3 Å². The molecule has 0 radical (unpaired) electrons. The quantitative estimate of drug-likeness (QED) is 0.756. The monoisotopic (exact) mass is 357 g/mol. The van der Waals surface area contributed by atoms with Crippen LogP contribution in [0.1, 0.15) is 71.1 Å². The van der Waals surface area contributed by atoms with Crippen molar-refractivity contribution in [2.45, 2.75) is 82.7 Å². The average Bonchev–Trinajstić information content (AvgIpc) is 2.63. The van der Waals surface area contributed by atoms with Gasteiger partial charge in [-0.05, 0) is 56.9 Å². The first-order chi connectivity index (χ1) is 12.5. The fraction of sp³-hybridized carbons (Fsp3) is 0.682. The maximum absolute atomic E-state index is 13.3. The van der Waals surface area contributed by atoms with Gasteiger partial charge in [-0.1, -0.05) is 38.5 Å². The van der Waals surface area contributed by atoms with Crippen LogP contribution in [-0.4, -0.2) is 36.6 Å². The van der Waals surface area contributed by atoms with Crippen LogP contribution in [0.5, 0.6) is 0 Å². The lowest BCUT2D eigenvalue weighted by Crippen LogP contribution is -2.57. The Labute approximate surface area is 158 Å². The molecule has 0 bridgehead atoms. The van der Waals surface area contributed by atoms with E-state index in [1.165, 1.54) is 38.5 Å². The van der Waals surface area contributed by atoms with Crippen LogP contribution < -0.4 is 10.2 Å². The van der Waals surface area contributed by atoms with E-state index in [-0.39, 0.29) is 11.6 Å². The minimum atomic E-state index is 0.00785. The summed E-state index contributed by atoms with van der Waals surface area (Å²) in [5.41, 5.74) is 2.04. The molecule has 0 heterocycles. The van der Waals surface area contributed by atoms with Gasteiger partial charge in [0.05, 0.1) is 0 Å². The van der Waals surface area contributed by atoms with Crippen molar-refractivity contribution in [1.29, 1.82) is 0 Å². The smallest absolute Gasteiger partial charge is 0.322 e. The molecule has 0 spiro atoms. The van der Waals surface area contributed by atoms with E-state index in [9.17, 15) is 4.79 Å². The number of carbonyl (C=O) groups is 1. The third-order valence-corrected chi connectivity index (χ3v) is 6.31. The number of benzene rings is 1. The summed E-state index contributed by atoms with van der Waals surface area (Å²) in [6.45, 7) is 2.31. The second kappa shape index (κ2) is 8.32. The largest absolute Gasteiger partial charge is 0.378 e. The third-order valence-electron chi connectivity index (χ3n) is 6.31. The molecule has 4 heteroatoms. The van der Waals surface area contributed by atoms with Gasteiger partial charge in [0.25, 0.3) is 0 Å². The Kier molecular flexibility index (Phi) is 6.10. The molecular formula is C22H35N3O. The Bertz CT molecular complexity index is 584. The number of hydrogen-bond acceptors (Lipinski definition) is 2. The predicted octanol–water partition coefficient (Wildman–Crippen LogP) is 5.64. The Balaban J connectivity index is 1.77. The van der Waals surface area contributed by atoms with E-state index < -0.39 is 0 Å². The summed E-state index contributed by atoms with van der Waals surface area (Å²) in [4.78, 5) is 17.7. The summed E-state index contributed by atoms with van der Waals surface area (Å²) < 4.78 is 0. The van der Waals surface area contributed by atoms with E-state index in [0.717, 1.165) is 37.1 Å². The van der Waals surface area contributed by atoms with Gasteiger partial charge in [0.1, 0.15) is 0 Å². The maximum atomic E-state index is 13.3. The minimum Gasteiger partial charge on any atom is -0.378 e. The first kappa shape index (κ1) is 19.1. The molecule has 2 saturated carbocycles. The highest BCUT2D eigenvalue weighted by molar-refractivity contribution is 5.90. The van der Waals surface area contributed by atoms with Crippen LogP contribution in [0.2, 0.25) is 0 Å². The van der Waals surface area contributed by atoms with Crippen LogP contribution in [0, 0.1) is 0 Å². The van der Waals surface area contributed by atoms with E-state index in [1.807, 2.05) is 26.2 Å². The molecule has 2 fully saturated rings. The molecule has 1 aromatic rings. The summed E-state index contributed by atoms with van der Waals surface area (Å²) in [7, 11) is 4.06. The van der Waals surface area contributed by atoms with Gasteiger partial charge < -0.3 is 15.1 Å². The third kappa shape index (κ3) is 4.33.